The molecule has 0 atom stereocenters. The number of nitrogens with zero attached hydrogens (tertiary/aromatic N) is 1. The monoisotopic (exact) mass is 218 g/mol. The summed E-state index contributed by atoms with van der Waals surface area (Å²) >= 11 is 0. The van der Waals surface area contributed by atoms with E-state index >= 15 is 0 Å². The summed E-state index contributed by atoms with van der Waals surface area (Å²) in [6.07, 6.45) is 2.20. The topological polar surface area (TPSA) is 17.0 Å². The third kappa shape index (κ3) is 2.27. The smallest absolute Gasteiger partial charge is 0.0483 e. The first kappa shape index (κ1) is 12.8. The normalized spacial score (nSPS) is 10.1. The quantitative estimate of drug-likeness (QED) is 0.819. The van der Waals surface area contributed by atoms with Crippen molar-refractivity contribution in [3.05, 3.63) is 35.5 Å². The van der Waals surface area contributed by atoms with Gasteiger partial charge < -0.3 is 9.88 Å². The molecule has 1 heterocycles. The molecule has 2 rings (SSSR count). The molecule has 0 unspecified atom stereocenters. The van der Waals surface area contributed by atoms with Crippen molar-refractivity contribution in [2.45, 2.75) is 27.3 Å². The Bertz CT molecular complexity index is 455. The fourth-order valence-electron chi connectivity index (χ4n) is 2.06. The minimum Gasteiger partial charge on any atom is -0.350 e. The van der Waals surface area contributed by atoms with Gasteiger partial charge in [0, 0.05) is 30.7 Å². The predicted octanol–water partition coefficient (Wildman–Crippen LogP) is 3.23. The third-order valence-electron chi connectivity index (χ3n) is 2.67. The van der Waals surface area contributed by atoms with E-state index in [1.54, 1.807) is 0 Å². The van der Waals surface area contributed by atoms with Gasteiger partial charge in [0.2, 0.25) is 0 Å². The van der Waals surface area contributed by atoms with E-state index in [4.69, 9.17) is 0 Å². The van der Waals surface area contributed by atoms with E-state index in [9.17, 15) is 0 Å². The van der Waals surface area contributed by atoms with Crippen molar-refractivity contribution in [2.75, 3.05) is 7.05 Å². The van der Waals surface area contributed by atoms with E-state index in [1.807, 2.05) is 20.9 Å². The average molecular weight is 218 g/mol. The first-order valence-electron chi connectivity index (χ1n) is 5.92. The van der Waals surface area contributed by atoms with Crippen LogP contribution in [0.5, 0.6) is 0 Å². The van der Waals surface area contributed by atoms with Gasteiger partial charge in [-0.3, -0.25) is 0 Å². The van der Waals surface area contributed by atoms with Crippen molar-refractivity contribution in [3.8, 4) is 0 Å². The van der Waals surface area contributed by atoms with E-state index in [-0.39, 0.29) is 0 Å². The summed E-state index contributed by atoms with van der Waals surface area (Å²) in [7, 11) is 4.08. The van der Waals surface area contributed by atoms with Gasteiger partial charge in [-0.05, 0) is 31.2 Å². The maximum atomic E-state index is 3.20. The molecule has 1 N–H and O–H groups in total. The van der Waals surface area contributed by atoms with E-state index in [1.165, 1.54) is 22.0 Å². The highest BCUT2D eigenvalue weighted by atomic mass is 14.9. The van der Waals surface area contributed by atoms with Crippen LogP contribution < -0.4 is 5.32 Å². The molecule has 0 saturated heterocycles. The van der Waals surface area contributed by atoms with Gasteiger partial charge >= 0.3 is 0 Å². The fraction of sp³-hybridized carbons (Fsp3) is 0.429. The van der Waals surface area contributed by atoms with Gasteiger partial charge in [0.25, 0.3) is 0 Å². The molecule has 0 fully saturated rings. The highest BCUT2D eigenvalue weighted by Crippen LogP contribution is 2.23. The van der Waals surface area contributed by atoms with Crippen LogP contribution in [0.1, 0.15) is 25.0 Å². The summed E-state index contributed by atoms with van der Waals surface area (Å²) in [6, 6.07) is 6.45. The molecule has 0 aliphatic carbocycles. The summed E-state index contributed by atoms with van der Waals surface area (Å²) in [5, 5.41) is 4.60. The van der Waals surface area contributed by atoms with Crippen molar-refractivity contribution in [1.82, 2.24) is 9.88 Å². The number of benzene rings is 1. The van der Waals surface area contributed by atoms with Crippen LogP contribution in [0.3, 0.4) is 0 Å². The van der Waals surface area contributed by atoms with Crippen molar-refractivity contribution >= 4 is 10.9 Å². The lowest BCUT2D eigenvalue weighted by Gasteiger charge is -2.00. The van der Waals surface area contributed by atoms with Crippen molar-refractivity contribution < 1.29 is 0 Å². The number of aryl methyl sites for hydroxylation is 2. The van der Waals surface area contributed by atoms with Gasteiger partial charge in [0.1, 0.15) is 0 Å². The first-order chi connectivity index (χ1) is 7.74. The summed E-state index contributed by atoms with van der Waals surface area (Å²) in [5.74, 6) is 0. The largest absolute Gasteiger partial charge is 0.350 e. The second kappa shape index (κ2) is 5.71. The molecule has 2 aromatic rings. The van der Waals surface area contributed by atoms with Gasteiger partial charge in [-0.25, -0.2) is 0 Å². The molecule has 0 amide bonds. The molecule has 0 aliphatic rings. The molecule has 0 radical (unpaired) electrons. The molecule has 0 bridgehead atoms. The molecule has 16 heavy (non-hydrogen) atoms. The maximum Gasteiger partial charge on any atom is 0.0483 e. The number of hydrogen-bond donors (Lipinski definition) is 1. The highest BCUT2D eigenvalue weighted by Gasteiger charge is 2.06. The van der Waals surface area contributed by atoms with Crippen LogP contribution in [0, 0.1) is 6.92 Å². The Hall–Kier alpha value is -1.28. The second-order valence-electron chi connectivity index (χ2n) is 3.76. The van der Waals surface area contributed by atoms with Gasteiger partial charge in [-0.1, -0.05) is 26.0 Å². The van der Waals surface area contributed by atoms with Gasteiger partial charge in [0.05, 0.1) is 0 Å². The van der Waals surface area contributed by atoms with Gasteiger partial charge in [-0.15, -0.1) is 0 Å². The van der Waals surface area contributed by atoms with Crippen molar-refractivity contribution in [1.29, 1.82) is 0 Å². The molecule has 0 saturated carbocycles. The molecule has 1 aromatic heterocycles. The molecular weight excluding hydrogens is 196 g/mol. The number of nitrogens with one attached hydrogen (secondary N) is 1. The molecular formula is C14H22N2. The Morgan fingerprint density at radius 3 is 2.56 bits per heavy atom. The molecule has 2 heteroatoms. The zero-order valence-electron chi connectivity index (χ0n) is 11.0. The van der Waals surface area contributed by atoms with Gasteiger partial charge in [-0.2, -0.15) is 0 Å². The Morgan fingerprint density at radius 2 is 1.94 bits per heavy atom. The van der Waals surface area contributed by atoms with Crippen LogP contribution >= 0.6 is 0 Å². The van der Waals surface area contributed by atoms with Crippen LogP contribution in [0.25, 0.3) is 10.9 Å². The zero-order chi connectivity index (χ0) is 12.1. The zero-order valence-corrected chi connectivity index (χ0v) is 11.0. The van der Waals surface area contributed by atoms with Crippen LogP contribution in [-0.4, -0.2) is 11.6 Å². The van der Waals surface area contributed by atoms with Crippen LogP contribution in [-0.2, 0) is 13.6 Å². The number of fused-ring (bicyclic) bond motifs is 1. The summed E-state index contributed by atoms with van der Waals surface area (Å²) < 4.78 is 2.19. The number of hydrogen-bond acceptors (Lipinski definition) is 1. The standard InChI is InChI=1S/C12H16N2.C2H6/c1-9-5-4-6-11-12(9)10(7-13-2)8-14(11)3;1-2/h4-6,8,13H,7H2,1-3H3;1-2H3. The highest BCUT2D eigenvalue weighted by molar-refractivity contribution is 5.87. The van der Waals surface area contributed by atoms with E-state index < -0.39 is 0 Å². The molecule has 0 spiro atoms. The lowest BCUT2D eigenvalue weighted by atomic mass is 10.1. The Labute approximate surface area is 98.3 Å². The first-order valence-corrected chi connectivity index (χ1v) is 5.92. The average Bonchev–Trinajstić information content (AvgIpc) is 2.61. The SMILES string of the molecule is CC.CNCc1cn(C)c2cccc(C)c12. The van der Waals surface area contributed by atoms with E-state index in [2.05, 4.69) is 48.3 Å². The van der Waals surface area contributed by atoms with Crippen molar-refractivity contribution in [2.24, 2.45) is 7.05 Å². The Morgan fingerprint density at radius 1 is 1.25 bits per heavy atom. The minimum absolute atomic E-state index is 0.933. The van der Waals surface area contributed by atoms with Gasteiger partial charge in [0.15, 0.2) is 0 Å². The predicted molar refractivity (Wildman–Crippen MR) is 71.8 cm³/mol. The van der Waals surface area contributed by atoms with Crippen LogP contribution in [0.2, 0.25) is 0 Å². The Kier molecular flexibility index (Phi) is 4.56. The summed E-state index contributed by atoms with van der Waals surface area (Å²) in [4.78, 5) is 0. The molecule has 0 aliphatic heterocycles. The third-order valence-corrected chi connectivity index (χ3v) is 2.67. The molecule has 1 aromatic carbocycles. The molecule has 88 valence electrons. The van der Waals surface area contributed by atoms with Crippen LogP contribution in [0.15, 0.2) is 24.4 Å². The second-order valence-corrected chi connectivity index (χ2v) is 3.76. The summed E-state index contributed by atoms with van der Waals surface area (Å²) in [6.45, 7) is 7.10. The fourth-order valence-corrected chi connectivity index (χ4v) is 2.06. The van der Waals surface area contributed by atoms with E-state index in [0.717, 1.165) is 6.54 Å². The summed E-state index contributed by atoms with van der Waals surface area (Å²) in [5.41, 5.74) is 4.05. The minimum atomic E-state index is 0.933. The van der Waals surface area contributed by atoms with E-state index in [0.29, 0.717) is 0 Å². The lowest BCUT2D eigenvalue weighted by Crippen LogP contribution is -2.04. The van der Waals surface area contributed by atoms with Crippen LogP contribution in [0.4, 0.5) is 0 Å². The lowest BCUT2D eigenvalue weighted by molar-refractivity contribution is 0.815. The molecule has 2 nitrogen and oxygen atoms in total. The number of aromatic nitrogens is 1. The number of rotatable bonds is 2. The Balaban J connectivity index is 0.000000606. The maximum absolute atomic E-state index is 3.20. The van der Waals surface area contributed by atoms with Crippen molar-refractivity contribution in [3.63, 3.8) is 0 Å².